The van der Waals surface area contributed by atoms with E-state index in [2.05, 4.69) is 60.8 Å². The normalized spacial score (nSPS) is 12.7. The van der Waals surface area contributed by atoms with E-state index in [1.54, 1.807) is 12.1 Å². The number of nitrogens with one attached hydrogen (secondary N) is 1. The summed E-state index contributed by atoms with van der Waals surface area (Å²) in [4.78, 5) is 0. The van der Waals surface area contributed by atoms with Crippen molar-refractivity contribution >= 4 is 16.8 Å². The molecule has 116 valence electrons. The summed E-state index contributed by atoms with van der Waals surface area (Å²) in [6.45, 7) is 2.96. The topological polar surface area (TPSA) is 32.3 Å². The molecule has 2 N–H and O–H groups in total. The van der Waals surface area contributed by atoms with Crippen LogP contribution < -0.4 is 5.32 Å². The molecule has 0 bridgehead atoms. The predicted octanol–water partition coefficient (Wildman–Crippen LogP) is 4.91. The lowest BCUT2D eigenvalue weighted by Crippen LogP contribution is -2.18. The molecule has 3 rings (SSSR count). The number of rotatable bonds is 5. The van der Waals surface area contributed by atoms with Crippen molar-refractivity contribution in [3.8, 4) is 5.75 Å². The van der Waals surface area contributed by atoms with Gasteiger partial charge >= 0.3 is 0 Å². The molecule has 0 aliphatic rings. The van der Waals surface area contributed by atoms with E-state index in [0.29, 0.717) is 5.75 Å². The highest BCUT2D eigenvalue weighted by molar-refractivity contribution is 5.86. The van der Waals surface area contributed by atoms with Crippen LogP contribution >= 0.6 is 0 Å². The Hall–Kier alpha value is -2.58. The second kappa shape index (κ2) is 7.12. The molecule has 0 fully saturated rings. The minimum Gasteiger partial charge on any atom is -0.508 e. The molecule has 0 saturated carbocycles. The zero-order valence-corrected chi connectivity index (χ0v) is 13.2. The maximum Gasteiger partial charge on any atom is 0.116 e. The van der Waals surface area contributed by atoms with E-state index in [9.17, 15) is 5.11 Å². The molecule has 0 radical (unpaired) electrons. The van der Waals surface area contributed by atoms with E-state index < -0.39 is 0 Å². The van der Waals surface area contributed by atoms with Crippen LogP contribution in [0.3, 0.4) is 0 Å². The molecular weight excluding hydrogens is 282 g/mol. The van der Waals surface area contributed by atoms with Gasteiger partial charge in [0.1, 0.15) is 5.75 Å². The number of hydrogen-bond acceptors (Lipinski definition) is 2. The minimum atomic E-state index is 0.273. The molecule has 0 aromatic heterocycles. The third-order valence-corrected chi connectivity index (χ3v) is 4.01. The van der Waals surface area contributed by atoms with Crippen LogP contribution in [0.15, 0.2) is 72.8 Å². The number of hydrogen-bond donors (Lipinski definition) is 2. The van der Waals surface area contributed by atoms with Gasteiger partial charge in [-0.05, 0) is 41.0 Å². The fourth-order valence-electron chi connectivity index (χ4n) is 2.81. The molecule has 23 heavy (non-hydrogen) atoms. The second-order valence-corrected chi connectivity index (χ2v) is 5.70. The summed E-state index contributed by atoms with van der Waals surface area (Å²) in [6, 6.07) is 22.4. The summed E-state index contributed by atoms with van der Waals surface area (Å²) in [7, 11) is 0. The zero-order valence-electron chi connectivity index (χ0n) is 13.2. The molecule has 3 aromatic rings. The molecule has 3 aromatic carbocycles. The fraction of sp³-hybridized carbons (Fsp3) is 0.143. The Balaban J connectivity index is 1.66. The van der Waals surface area contributed by atoms with Crippen molar-refractivity contribution in [2.24, 2.45) is 0 Å². The molecule has 0 amide bonds. The van der Waals surface area contributed by atoms with Gasteiger partial charge in [-0.15, -0.1) is 0 Å². The van der Waals surface area contributed by atoms with Crippen LogP contribution in [-0.2, 0) is 0 Å². The van der Waals surface area contributed by atoms with Gasteiger partial charge in [-0.1, -0.05) is 66.7 Å². The van der Waals surface area contributed by atoms with E-state index >= 15 is 0 Å². The first-order valence-electron chi connectivity index (χ1n) is 7.90. The molecule has 2 heteroatoms. The smallest absolute Gasteiger partial charge is 0.116 e. The number of phenols is 1. The van der Waals surface area contributed by atoms with Crippen molar-refractivity contribution < 1.29 is 5.11 Å². The van der Waals surface area contributed by atoms with E-state index in [1.165, 1.54) is 16.3 Å². The van der Waals surface area contributed by atoms with Gasteiger partial charge in [0.05, 0.1) is 0 Å². The number of benzene rings is 3. The van der Waals surface area contributed by atoms with E-state index in [4.69, 9.17) is 0 Å². The molecule has 0 spiro atoms. The Labute approximate surface area is 137 Å². The standard InChI is InChI=1S/C21H21NO/c1-16(20-13-5-10-18-9-2-3-12-21(18)20)22-14-6-8-17-7-4-11-19(23)15-17/h2-13,15-16,22-23H,14H2,1H3/b8-6+/t16-/m1/s1. The maximum absolute atomic E-state index is 9.46. The maximum atomic E-state index is 9.46. The Morgan fingerprint density at radius 1 is 1.00 bits per heavy atom. The minimum absolute atomic E-state index is 0.273. The lowest BCUT2D eigenvalue weighted by molar-refractivity contribution is 0.475. The quantitative estimate of drug-likeness (QED) is 0.702. The van der Waals surface area contributed by atoms with Crippen LogP contribution in [0.1, 0.15) is 24.1 Å². The van der Waals surface area contributed by atoms with Crippen LogP contribution in [0.2, 0.25) is 0 Å². The number of fused-ring (bicyclic) bond motifs is 1. The lowest BCUT2D eigenvalue weighted by Gasteiger charge is -2.15. The van der Waals surface area contributed by atoms with Crippen LogP contribution in [0.4, 0.5) is 0 Å². The molecule has 1 atom stereocenters. The molecule has 0 saturated heterocycles. The summed E-state index contributed by atoms with van der Waals surface area (Å²) >= 11 is 0. The fourth-order valence-corrected chi connectivity index (χ4v) is 2.81. The summed E-state index contributed by atoms with van der Waals surface area (Å²) in [5.74, 6) is 0.296. The zero-order chi connectivity index (χ0) is 16.1. The summed E-state index contributed by atoms with van der Waals surface area (Å²) in [5.41, 5.74) is 2.32. The van der Waals surface area contributed by atoms with Crippen molar-refractivity contribution in [1.82, 2.24) is 5.32 Å². The monoisotopic (exact) mass is 303 g/mol. The lowest BCUT2D eigenvalue weighted by atomic mass is 10.00. The highest BCUT2D eigenvalue weighted by Crippen LogP contribution is 2.23. The van der Waals surface area contributed by atoms with Crippen LogP contribution in [-0.4, -0.2) is 11.7 Å². The van der Waals surface area contributed by atoms with Gasteiger partial charge in [0.25, 0.3) is 0 Å². The van der Waals surface area contributed by atoms with Gasteiger partial charge < -0.3 is 10.4 Å². The third kappa shape index (κ3) is 3.79. The first-order valence-corrected chi connectivity index (χ1v) is 7.90. The molecule has 0 heterocycles. The van der Waals surface area contributed by atoms with Gasteiger partial charge in [0.2, 0.25) is 0 Å². The van der Waals surface area contributed by atoms with Gasteiger partial charge in [0.15, 0.2) is 0 Å². The van der Waals surface area contributed by atoms with Crippen LogP contribution in [0.25, 0.3) is 16.8 Å². The van der Waals surface area contributed by atoms with Gasteiger partial charge in [-0.2, -0.15) is 0 Å². The van der Waals surface area contributed by atoms with Gasteiger partial charge in [-0.3, -0.25) is 0 Å². The summed E-state index contributed by atoms with van der Waals surface area (Å²) in [6.07, 6.45) is 4.10. The number of phenolic OH excluding ortho intramolecular Hbond substituents is 1. The average Bonchev–Trinajstić information content (AvgIpc) is 2.58. The Bertz CT molecular complexity index is 817. The summed E-state index contributed by atoms with van der Waals surface area (Å²) < 4.78 is 0. The van der Waals surface area contributed by atoms with Crippen LogP contribution in [0, 0.1) is 0 Å². The SMILES string of the molecule is C[C@@H](NC/C=C/c1cccc(O)c1)c1cccc2ccccc12. The molecular formula is C21H21NO. The van der Waals surface area contributed by atoms with E-state index in [-0.39, 0.29) is 6.04 Å². The first-order chi connectivity index (χ1) is 11.2. The van der Waals surface area contributed by atoms with Crippen molar-refractivity contribution in [2.45, 2.75) is 13.0 Å². The highest BCUT2D eigenvalue weighted by Gasteiger charge is 2.07. The third-order valence-electron chi connectivity index (χ3n) is 4.01. The molecule has 0 aliphatic carbocycles. The van der Waals surface area contributed by atoms with Gasteiger partial charge in [-0.25, -0.2) is 0 Å². The first kappa shape index (κ1) is 15.3. The van der Waals surface area contributed by atoms with Crippen molar-refractivity contribution in [3.63, 3.8) is 0 Å². The Morgan fingerprint density at radius 3 is 2.65 bits per heavy atom. The van der Waals surface area contributed by atoms with Crippen molar-refractivity contribution in [2.75, 3.05) is 6.54 Å². The average molecular weight is 303 g/mol. The van der Waals surface area contributed by atoms with Gasteiger partial charge in [0, 0.05) is 12.6 Å². The molecule has 2 nitrogen and oxygen atoms in total. The largest absolute Gasteiger partial charge is 0.508 e. The highest BCUT2D eigenvalue weighted by atomic mass is 16.3. The van der Waals surface area contributed by atoms with Crippen molar-refractivity contribution in [3.05, 3.63) is 83.9 Å². The molecule has 0 aliphatic heterocycles. The summed E-state index contributed by atoms with van der Waals surface area (Å²) in [5, 5.41) is 15.6. The Kier molecular flexibility index (Phi) is 4.74. The van der Waals surface area contributed by atoms with E-state index in [0.717, 1.165) is 12.1 Å². The predicted molar refractivity (Wildman–Crippen MR) is 97.5 cm³/mol. The van der Waals surface area contributed by atoms with E-state index in [1.807, 2.05) is 18.2 Å². The van der Waals surface area contributed by atoms with Crippen molar-refractivity contribution in [1.29, 1.82) is 0 Å². The van der Waals surface area contributed by atoms with Crippen LogP contribution in [0.5, 0.6) is 5.75 Å². The molecule has 0 unspecified atom stereocenters. The number of aromatic hydroxyl groups is 1. The Morgan fingerprint density at radius 2 is 1.78 bits per heavy atom. The second-order valence-electron chi connectivity index (χ2n) is 5.70.